The quantitative estimate of drug-likeness (QED) is 0.464. The van der Waals surface area contributed by atoms with E-state index in [0.29, 0.717) is 22.6 Å². The van der Waals surface area contributed by atoms with Crippen LogP contribution in [-0.2, 0) is 13.7 Å². The fourth-order valence-electron chi connectivity index (χ4n) is 4.44. The van der Waals surface area contributed by atoms with Crippen LogP contribution in [0.15, 0.2) is 47.3 Å². The van der Waals surface area contributed by atoms with E-state index in [2.05, 4.69) is 41.8 Å². The molecule has 2 aromatic heterocycles. The van der Waals surface area contributed by atoms with Crippen LogP contribution in [0.25, 0.3) is 16.7 Å². The molecule has 1 aliphatic rings. The average Bonchev–Trinajstić information content (AvgIpc) is 3.11. The van der Waals surface area contributed by atoms with Crippen LogP contribution in [0, 0.1) is 18.6 Å². The monoisotopic (exact) mass is 434 g/mol. The second-order valence-electron chi connectivity index (χ2n) is 8.26. The summed E-state index contributed by atoms with van der Waals surface area (Å²) in [6.07, 6.45) is 0. The second kappa shape index (κ2) is 7.62. The first-order chi connectivity index (χ1) is 15.0. The van der Waals surface area contributed by atoms with Crippen molar-refractivity contribution in [1.29, 1.82) is 0 Å². The van der Waals surface area contributed by atoms with Gasteiger partial charge in [0.25, 0.3) is 5.56 Å². The van der Waals surface area contributed by atoms with Gasteiger partial charge in [0, 0.05) is 38.9 Å². The van der Waals surface area contributed by atoms with Crippen molar-refractivity contribution in [2.45, 2.75) is 20.5 Å². The maximum atomic E-state index is 12.7. The molecule has 5 rings (SSSR count). The van der Waals surface area contributed by atoms with Crippen molar-refractivity contribution in [3.63, 3.8) is 0 Å². The Balaban J connectivity index is 1.42. The molecule has 3 heterocycles. The van der Waals surface area contributed by atoms with Crippen LogP contribution in [0.2, 0.25) is 0 Å². The van der Waals surface area contributed by atoms with Gasteiger partial charge in [-0.1, -0.05) is 24.3 Å². The van der Waals surface area contributed by atoms with Gasteiger partial charge in [-0.3, -0.25) is 18.7 Å². The van der Waals surface area contributed by atoms with E-state index < -0.39 is 0 Å². The highest BCUT2D eigenvalue weighted by Crippen LogP contribution is 2.24. The first kappa shape index (κ1) is 20.0. The molecule has 160 valence electrons. The Morgan fingerprint density at radius 2 is 1.74 bits per heavy atom. The number of benzene rings is 2. The van der Waals surface area contributed by atoms with Crippen LogP contribution in [0.3, 0.4) is 0 Å². The Hall–Kier alpha value is -2.97. The summed E-state index contributed by atoms with van der Waals surface area (Å²) in [5, 5.41) is 5.35. The first-order valence-electron chi connectivity index (χ1n) is 10.6. The summed E-state index contributed by atoms with van der Waals surface area (Å²) in [5.41, 5.74) is 4.75. The van der Waals surface area contributed by atoms with Gasteiger partial charge >= 0.3 is 0 Å². The Morgan fingerprint density at radius 1 is 1.00 bits per heavy atom. The van der Waals surface area contributed by atoms with Crippen molar-refractivity contribution in [3.05, 3.63) is 68.7 Å². The molecule has 0 unspecified atom stereocenters. The predicted octanol–water partition coefficient (Wildman–Crippen LogP) is 3.11. The molecule has 2 aromatic carbocycles. The van der Waals surface area contributed by atoms with Crippen molar-refractivity contribution >= 4 is 34.6 Å². The van der Waals surface area contributed by atoms with Gasteiger partial charge in [-0.25, -0.2) is 4.68 Å². The van der Waals surface area contributed by atoms with Gasteiger partial charge in [0.05, 0.1) is 17.6 Å². The maximum Gasteiger partial charge on any atom is 0.262 e. The summed E-state index contributed by atoms with van der Waals surface area (Å²) in [6, 6.07) is 14.1. The lowest BCUT2D eigenvalue weighted by molar-refractivity contribution is 0.194. The van der Waals surface area contributed by atoms with E-state index in [1.165, 1.54) is 16.8 Å². The first-order valence-corrected chi connectivity index (χ1v) is 11.0. The second-order valence-corrected chi connectivity index (χ2v) is 8.63. The zero-order valence-corrected chi connectivity index (χ0v) is 18.9. The minimum absolute atomic E-state index is 0.0580. The highest BCUT2D eigenvalue weighted by atomic mass is 32.1. The van der Waals surface area contributed by atoms with Gasteiger partial charge in [0.1, 0.15) is 0 Å². The molecule has 7 nitrogen and oxygen atoms in total. The van der Waals surface area contributed by atoms with Crippen molar-refractivity contribution < 1.29 is 0 Å². The third-order valence-electron chi connectivity index (χ3n) is 6.43. The topological polar surface area (TPSA) is 50.7 Å². The van der Waals surface area contributed by atoms with E-state index in [1.54, 1.807) is 11.6 Å². The van der Waals surface area contributed by atoms with Crippen molar-refractivity contribution in [2.75, 3.05) is 31.1 Å². The van der Waals surface area contributed by atoms with E-state index in [-0.39, 0.29) is 5.56 Å². The van der Waals surface area contributed by atoms with Crippen LogP contribution in [0.4, 0.5) is 5.69 Å². The summed E-state index contributed by atoms with van der Waals surface area (Å²) >= 11 is 5.77. The molecule has 0 amide bonds. The number of para-hydroxylation sites is 1. The number of hydrogen-bond acceptors (Lipinski definition) is 5. The molecule has 31 heavy (non-hydrogen) atoms. The van der Waals surface area contributed by atoms with Gasteiger partial charge in [0.15, 0.2) is 0 Å². The van der Waals surface area contributed by atoms with Crippen LogP contribution < -0.4 is 10.5 Å². The minimum Gasteiger partial charge on any atom is -0.369 e. The number of fused-ring (bicyclic) bond motifs is 3. The number of rotatable bonds is 3. The van der Waals surface area contributed by atoms with Crippen molar-refractivity contribution in [2.24, 2.45) is 7.05 Å². The minimum atomic E-state index is -0.0580. The van der Waals surface area contributed by atoms with Crippen molar-refractivity contribution in [3.8, 4) is 0 Å². The third kappa shape index (κ3) is 3.26. The number of piperazine rings is 1. The molecule has 0 atom stereocenters. The molecule has 0 saturated carbocycles. The molecule has 1 fully saturated rings. The molecule has 1 saturated heterocycles. The van der Waals surface area contributed by atoms with E-state index in [9.17, 15) is 4.79 Å². The van der Waals surface area contributed by atoms with Gasteiger partial charge in [0.2, 0.25) is 10.5 Å². The smallest absolute Gasteiger partial charge is 0.262 e. The normalized spacial score (nSPS) is 15.3. The summed E-state index contributed by atoms with van der Waals surface area (Å²) in [4.78, 5) is 17.5. The van der Waals surface area contributed by atoms with E-state index in [0.717, 1.165) is 31.7 Å². The van der Waals surface area contributed by atoms with Gasteiger partial charge < -0.3 is 4.90 Å². The Labute approximate surface area is 185 Å². The number of nitrogens with zero attached hydrogens (tertiary/aromatic N) is 6. The molecule has 4 aromatic rings. The molecule has 8 heteroatoms. The van der Waals surface area contributed by atoms with Gasteiger partial charge in [-0.15, -0.1) is 5.10 Å². The largest absolute Gasteiger partial charge is 0.369 e. The number of anilines is 1. The van der Waals surface area contributed by atoms with Gasteiger partial charge in [-0.05, 0) is 55.4 Å². The van der Waals surface area contributed by atoms with E-state index in [1.807, 2.05) is 33.3 Å². The maximum absolute atomic E-state index is 12.7. The summed E-state index contributed by atoms with van der Waals surface area (Å²) in [5.74, 6) is 0.572. The SMILES string of the molecule is Cc1cccc(N2CCN(Cn3nc4n(C)c(=O)c5ccccc5n4c3=S)CC2)c1C. The molecule has 0 N–H and O–H groups in total. The molecular formula is C23H26N6OS. The molecule has 0 radical (unpaired) electrons. The molecule has 1 aliphatic heterocycles. The number of hydrogen-bond donors (Lipinski definition) is 0. The van der Waals surface area contributed by atoms with Crippen LogP contribution in [0.5, 0.6) is 0 Å². The highest BCUT2D eigenvalue weighted by molar-refractivity contribution is 7.71. The zero-order valence-electron chi connectivity index (χ0n) is 18.1. The molecular weight excluding hydrogens is 408 g/mol. The van der Waals surface area contributed by atoms with E-state index >= 15 is 0 Å². The van der Waals surface area contributed by atoms with Crippen LogP contribution in [0.1, 0.15) is 11.1 Å². The van der Waals surface area contributed by atoms with Gasteiger partial charge in [-0.2, -0.15) is 0 Å². The zero-order chi connectivity index (χ0) is 21.7. The lowest BCUT2D eigenvalue weighted by Crippen LogP contribution is -2.47. The Kier molecular flexibility index (Phi) is 4.91. The molecule has 0 aliphatic carbocycles. The van der Waals surface area contributed by atoms with Crippen molar-refractivity contribution in [1.82, 2.24) is 23.6 Å². The Morgan fingerprint density at radius 3 is 2.52 bits per heavy atom. The third-order valence-corrected chi connectivity index (χ3v) is 6.82. The summed E-state index contributed by atoms with van der Waals surface area (Å²) in [7, 11) is 1.75. The number of aryl methyl sites for hydroxylation is 2. The molecule has 0 spiro atoms. The number of aromatic nitrogens is 4. The Bertz CT molecular complexity index is 1410. The fraction of sp³-hybridized carbons (Fsp3) is 0.348. The molecule has 0 bridgehead atoms. The lowest BCUT2D eigenvalue weighted by Gasteiger charge is -2.36. The van der Waals surface area contributed by atoms with Crippen LogP contribution in [-0.4, -0.2) is 49.8 Å². The summed E-state index contributed by atoms with van der Waals surface area (Å²) in [6.45, 7) is 8.77. The lowest BCUT2D eigenvalue weighted by atomic mass is 10.1. The summed E-state index contributed by atoms with van der Waals surface area (Å²) < 4.78 is 5.93. The fourth-order valence-corrected chi connectivity index (χ4v) is 4.71. The van der Waals surface area contributed by atoms with Crippen LogP contribution >= 0.6 is 12.2 Å². The highest BCUT2D eigenvalue weighted by Gasteiger charge is 2.21. The average molecular weight is 435 g/mol. The predicted molar refractivity (Wildman–Crippen MR) is 126 cm³/mol. The standard InChI is InChI=1S/C23H26N6OS/c1-16-7-6-10-19(17(16)2)27-13-11-26(12-14-27)15-28-23(31)29-20-9-5-4-8-18(20)21(30)25(3)22(29)24-28/h4-10H,11-15H2,1-3H3. The van der Waals surface area contributed by atoms with E-state index in [4.69, 9.17) is 17.3 Å².